The predicted molar refractivity (Wildman–Crippen MR) is 74.6 cm³/mol. The van der Waals surface area contributed by atoms with Crippen molar-refractivity contribution in [2.75, 3.05) is 19.7 Å². The quantitative estimate of drug-likeness (QED) is 0.756. The summed E-state index contributed by atoms with van der Waals surface area (Å²) in [6.07, 6.45) is 1.55. The molecule has 0 radical (unpaired) electrons. The Kier molecular flexibility index (Phi) is 4.30. The van der Waals surface area contributed by atoms with Crippen molar-refractivity contribution in [3.8, 4) is 5.75 Å². The number of rotatable bonds is 2. The Hall–Kier alpha value is -1.59. The van der Waals surface area contributed by atoms with Crippen LogP contribution in [-0.4, -0.2) is 51.4 Å². The van der Waals surface area contributed by atoms with Gasteiger partial charge in [-0.1, -0.05) is 0 Å². The summed E-state index contributed by atoms with van der Waals surface area (Å²) in [6, 6.07) is 4.79. The van der Waals surface area contributed by atoms with Crippen LogP contribution in [0.3, 0.4) is 0 Å². The number of amides is 1. The van der Waals surface area contributed by atoms with Crippen LogP contribution in [0.2, 0.25) is 0 Å². The largest absolute Gasteiger partial charge is 0.508 e. The van der Waals surface area contributed by atoms with E-state index in [1.54, 1.807) is 24.0 Å². The van der Waals surface area contributed by atoms with Gasteiger partial charge in [-0.2, -0.15) is 0 Å². The van der Waals surface area contributed by atoms with Crippen molar-refractivity contribution in [1.82, 2.24) is 4.90 Å². The van der Waals surface area contributed by atoms with E-state index in [1.165, 1.54) is 6.07 Å². The van der Waals surface area contributed by atoms with E-state index < -0.39 is 5.60 Å². The fourth-order valence-electron chi connectivity index (χ4n) is 2.51. The molecule has 1 aromatic rings. The molecule has 5 nitrogen and oxygen atoms in total. The number of likely N-dealkylation sites (tertiary alicyclic amines) is 1. The molecular weight excluding hydrogens is 258 g/mol. The Morgan fingerprint density at radius 3 is 2.75 bits per heavy atom. The van der Waals surface area contributed by atoms with E-state index in [-0.39, 0.29) is 18.3 Å². The number of benzene rings is 1. The number of phenols is 1. The van der Waals surface area contributed by atoms with Gasteiger partial charge in [0, 0.05) is 18.7 Å². The number of carbonyl (C=O) groups is 1. The highest BCUT2D eigenvalue weighted by Crippen LogP contribution is 2.24. The molecular formula is C15H21NO4. The van der Waals surface area contributed by atoms with Gasteiger partial charge >= 0.3 is 0 Å². The lowest BCUT2D eigenvalue weighted by Crippen LogP contribution is -2.36. The van der Waals surface area contributed by atoms with Crippen molar-refractivity contribution < 1.29 is 20.1 Å². The summed E-state index contributed by atoms with van der Waals surface area (Å²) in [7, 11) is 0. The molecule has 1 saturated heterocycles. The molecule has 1 amide bonds. The second-order valence-electron chi connectivity index (χ2n) is 5.53. The molecule has 0 unspecified atom stereocenters. The molecule has 2 rings (SSSR count). The van der Waals surface area contributed by atoms with Crippen molar-refractivity contribution in [1.29, 1.82) is 0 Å². The number of hydrogen-bond acceptors (Lipinski definition) is 4. The van der Waals surface area contributed by atoms with Crippen molar-refractivity contribution in [3.05, 3.63) is 29.3 Å². The third-order valence-corrected chi connectivity index (χ3v) is 3.94. The Balaban J connectivity index is 2.11. The van der Waals surface area contributed by atoms with Crippen molar-refractivity contribution in [2.45, 2.75) is 31.8 Å². The summed E-state index contributed by atoms with van der Waals surface area (Å²) in [6.45, 7) is 2.48. The topological polar surface area (TPSA) is 81.0 Å². The van der Waals surface area contributed by atoms with E-state index in [9.17, 15) is 20.1 Å². The zero-order chi connectivity index (χ0) is 14.8. The number of aryl methyl sites for hydroxylation is 1. The van der Waals surface area contributed by atoms with Gasteiger partial charge in [0.05, 0.1) is 12.2 Å². The smallest absolute Gasteiger partial charge is 0.253 e. The number of hydrogen-bond donors (Lipinski definition) is 3. The molecule has 1 aliphatic heterocycles. The summed E-state index contributed by atoms with van der Waals surface area (Å²) in [4.78, 5) is 14.1. The number of phenolic OH excluding ortho intramolecular Hbond substituents is 1. The van der Waals surface area contributed by atoms with Crippen molar-refractivity contribution >= 4 is 5.91 Å². The Morgan fingerprint density at radius 1 is 1.35 bits per heavy atom. The van der Waals surface area contributed by atoms with Gasteiger partial charge in [0.1, 0.15) is 5.75 Å². The third-order valence-electron chi connectivity index (χ3n) is 3.94. The lowest BCUT2D eigenvalue weighted by molar-refractivity contribution is -0.0250. The lowest BCUT2D eigenvalue weighted by Gasteiger charge is -2.24. The molecule has 3 N–H and O–H groups in total. The molecule has 1 fully saturated rings. The van der Waals surface area contributed by atoms with E-state index in [0.717, 1.165) is 0 Å². The molecule has 5 heteroatoms. The third kappa shape index (κ3) is 3.11. The van der Waals surface area contributed by atoms with Crippen LogP contribution >= 0.6 is 0 Å². The van der Waals surface area contributed by atoms with Crippen LogP contribution in [0.1, 0.15) is 35.2 Å². The van der Waals surface area contributed by atoms with Gasteiger partial charge in [0.15, 0.2) is 0 Å². The molecule has 1 aliphatic rings. The highest BCUT2D eigenvalue weighted by atomic mass is 16.3. The monoisotopic (exact) mass is 279 g/mol. The van der Waals surface area contributed by atoms with Gasteiger partial charge in [-0.05, 0) is 49.9 Å². The summed E-state index contributed by atoms with van der Waals surface area (Å²) in [5, 5.41) is 28.8. The second kappa shape index (κ2) is 5.81. The molecule has 1 aromatic carbocycles. The van der Waals surface area contributed by atoms with Gasteiger partial charge in [-0.3, -0.25) is 4.79 Å². The summed E-state index contributed by atoms with van der Waals surface area (Å²) < 4.78 is 0. The highest BCUT2D eigenvalue weighted by molar-refractivity contribution is 5.94. The molecule has 0 spiro atoms. The number of aliphatic hydroxyl groups is 2. The number of carbonyl (C=O) groups excluding carboxylic acids is 1. The molecule has 1 atom stereocenters. The standard InChI is InChI=1S/C15H21NO4/c1-11-9-12(3-4-13(11)18)14(19)16-7-2-5-15(20,10-17)6-8-16/h3-4,9,17-18,20H,2,5-8,10H2,1H3/t15-/m1/s1. The maximum absolute atomic E-state index is 12.4. The minimum absolute atomic E-state index is 0.102. The normalized spacial score (nSPS) is 23.4. The number of nitrogens with zero attached hydrogens (tertiary/aromatic N) is 1. The minimum Gasteiger partial charge on any atom is -0.508 e. The van der Waals surface area contributed by atoms with Gasteiger partial charge in [0.2, 0.25) is 0 Å². The van der Waals surface area contributed by atoms with E-state index in [4.69, 9.17) is 0 Å². The van der Waals surface area contributed by atoms with E-state index in [1.807, 2.05) is 0 Å². The first-order valence-electron chi connectivity index (χ1n) is 6.87. The lowest BCUT2D eigenvalue weighted by atomic mass is 9.96. The zero-order valence-corrected chi connectivity index (χ0v) is 11.7. The average molecular weight is 279 g/mol. The average Bonchev–Trinajstić information content (AvgIpc) is 2.64. The maximum atomic E-state index is 12.4. The summed E-state index contributed by atoms with van der Waals surface area (Å²) in [5.74, 6) is 0.0716. The number of aliphatic hydroxyl groups excluding tert-OH is 1. The van der Waals surface area contributed by atoms with E-state index >= 15 is 0 Å². The van der Waals surface area contributed by atoms with Gasteiger partial charge in [-0.25, -0.2) is 0 Å². The molecule has 0 aromatic heterocycles. The molecule has 0 bridgehead atoms. The highest BCUT2D eigenvalue weighted by Gasteiger charge is 2.31. The molecule has 20 heavy (non-hydrogen) atoms. The fourth-order valence-corrected chi connectivity index (χ4v) is 2.51. The Bertz CT molecular complexity index is 503. The molecule has 0 saturated carbocycles. The maximum Gasteiger partial charge on any atom is 0.253 e. The number of aromatic hydroxyl groups is 1. The van der Waals surface area contributed by atoms with Crippen LogP contribution in [-0.2, 0) is 0 Å². The SMILES string of the molecule is Cc1cc(C(=O)N2CCC[C@](O)(CO)CC2)ccc1O. The van der Waals surface area contributed by atoms with Crippen LogP contribution in [0.25, 0.3) is 0 Å². The van der Waals surface area contributed by atoms with Gasteiger partial charge in [0.25, 0.3) is 5.91 Å². The van der Waals surface area contributed by atoms with Crippen LogP contribution in [0.5, 0.6) is 5.75 Å². The first kappa shape index (κ1) is 14.8. The van der Waals surface area contributed by atoms with Crippen LogP contribution in [0.4, 0.5) is 0 Å². The van der Waals surface area contributed by atoms with E-state index in [2.05, 4.69) is 0 Å². The fraction of sp³-hybridized carbons (Fsp3) is 0.533. The van der Waals surface area contributed by atoms with Crippen LogP contribution < -0.4 is 0 Å². The Labute approximate surface area is 118 Å². The second-order valence-corrected chi connectivity index (χ2v) is 5.53. The van der Waals surface area contributed by atoms with Crippen molar-refractivity contribution in [3.63, 3.8) is 0 Å². The Morgan fingerprint density at radius 2 is 2.10 bits per heavy atom. The van der Waals surface area contributed by atoms with Crippen molar-refractivity contribution in [2.24, 2.45) is 0 Å². The predicted octanol–water partition coefficient (Wildman–Crippen LogP) is 1.05. The minimum atomic E-state index is -1.07. The summed E-state index contributed by atoms with van der Waals surface area (Å²) >= 11 is 0. The van der Waals surface area contributed by atoms with E-state index in [0.29, 0.717) is 43.5 Å². The first-order chi connectivity index (χ1) is 9.45. The zero-order valence-electron chi connectivity index (χ0n) is 11.7. The van der Waals surface area contributed by atoms with Crippen LogP contribution in [0, 0.1) is 6.92 Å². The first-order valence-corrected chi connectivity index (χ1v) is 6.87. The molecule has 110 valence electrons. The van der Waals surface area contributed by atoms with Gasteiger partial charge < -0.3 is 20.2 Å². The van der Waals surface area contributed by atoms with Crippen LogP contribution in [0.15, 0.2) is 18.2 Å². The molecule has 0 aliphatic carbocycles. The van der Waals surface area contributed by atoms with Gasteiger partial charge in [-0.15, -0.1) is 0 Å². The molecule has 1 heterocycles. The summed E-state index contributed by atoms with van der Waals surface area (Å²) in [5.41, 5.74) is 0.132.